The number of amides is 1. The van der Waals surface area contributed by atoms with Crippen LogP contribution in [0.25, 0.3) is 0 Å². The Bertz CT molecular complexity index is 642. The first-order valence-electron chi connectivity index (χ1n) is 8.13. The molecule has 1 aromatic heterocycles. The van der Waals surface area contributed by atoms with E-state index in [1.165, 1.54) is 12.1 Å². The fraction of sp³-hybridized carbons (Fsp3) is 0.368. The van der Waals surface area contributed by atoms with E-state index in [-0.39, 0.29) is 17.8 Å². The molecule has 0 saturated heterocycles. The van der Waals surface area contributed by atoms with Crippen molar-refractivity contribution in [3.8, 4) is 0 Å². The molecule has 1 aromatic carbocycles. The van der Waals surface area contributed by atoms with Gasteiger partial charge in [0.1, 0.15) is 5.82 Å². The molecule has 1 heterocycles. The SMILES string of the molecule is O=C(Cc1cccnc1)N[C@@H]1CCC[C@@H]1Cc1ccc(F)cc1. The molecule has 2 aromatic rings. The highest BCUT2D eigenvalue weighted by Gasteiger charge is 2.28. The van der Waals surface area contributed by atoms with Gasteiger partial charge in [0.15, 0.2) is 0 Å². The van der Waals surface area contributed by atoms with Gasteiger partial charge in [0.05, 0.1) is 6.42 Å². The van der Waals surface area contributed by atoms with Crippen LogP contribution in [0.3, 0.4) is 0 Å². The summed E-state index contributed by atoms with van der Waals surface area (Å²) in [7, 11) is 0. The molecular formula is C19H21FN2O. The van der Waals surface area contributed by atoms with Gasteiger partial charge in [-0.2, -0.15) is 0 Å². The highest BCUT2D eigenvalue weighted by Crippen LogP contribution is 2.29. The number of pyridine rings is 1. The molecule has 2 atom stereocenters. The molecule has 23 heavy (non-hydrogen) atoms. The molecule has 3 rings (SSSR count). The lowest BCUT2D eigenvalue weighted by molar-refractivity contribution is -0.121. The van der Waals surface area contributed by atoms with Gasteiger partial charge in [0, 0.05) is 18.4 Å². The minimum absolute atomic E-state index is 0.0500. The fourth-order valence-corrected chi connectivity index (χ4v) is 3.34. The van der Waals surface area contributed by atoms with E-state index >= 15 is 0 Å². The number of carbonyl (C=O) groups excluding carboxylic acids is 1. The number of rotatable bonds is 5. The molecule has 4 heteroatoms. The van der Waals surface area contributed by atoms with Crippen molar-refractivity contribution >= 4 is 5.91 Å². The maximum Gasteiger partial charge on any atom is 0.224 e. The number of hydrogen-bond donors (Lipinski definition) is 1. The third kappa shape index (κ3) is 4.38. The van der Waals surface area contributed by atoms with E-state index in [2.05, 4.69) is 10.3 Å². The summed E-state index contributed by atoms with van der Waals surface area (Å²) in [6.45, 7) is 0. The second kappa shape index (κ2) is 7.36. The summed E-state index contributed by atoms with van der Waals surface area (Å²) in [6.07, 6.45) is 7.94. The minimum atomic E-state index is -0.207. The minimum Gasteiger partial charge on any atom is -0.353 e. The first-order valence-corrected chi connectivity index (χ1v) is 8.13. The Labute approximate surface area is 135 Å². The van der Waals surface area contributed by atoms with Crippen LogP contribution in [-0.4, -0.2) is 16.9 Å². The van der Waals surface area contributed by atoms with Gasteiger partial charge in [-0.15, -0.1) is 0 Å². The third-order valence-corrected chi connectivity index (χ3v) is 4.50. The Hall–Kier alpha value is -2.23. The summed E-state index contributed by atoms with van der Waals surface area (Å²) < 4.78 is 13.0. The van der Waals surface area contributed by atoms with Crippen molar-refractivity contribution in [3.63, 3.8) is 0 Å². The van der Waals surface area contributed by atoms with E-state index < -0.39 is 0 Å². The summed E-state index contributed by atoms with van der Waals surface area (Å²) in [5, 5.41) is 3.17. The molecular weight excluding hydrogens is 291 g/mol. The predicted molar refractivity (Wildman–Crippen MR) is 87.3 cm³/mol. The Morgan fingerprint density at radius 2 is 2.00 bits per heavy atom. The second-order valence-corrected chi connectivity index (χ2v) is 6.23. The van der Waals surface area contributed by atoms with Gasteiger partial charge in [-0.3, -0.25) is 9.78 Å². The predicted octanol–water partition coefficient (Wildman–Crippen LogP) is 3.29. The molecule has 1 N–H and O–H groups in total. The third-order valence-electron chi connectivity index (χ3n) is 4.50. The highest BCUT2D eigenvalue weighted by molar-refractivity contribution is 5.78. The number of nitrogens with zero attached hydrogens (tertiary/aromatic N) is 1. The normalized spacial score (nSPS) is 20.4. The number of carbonyl (C=O) groups is 1. The maximum atomic E-state index is 13.0. The van der Waals surface area contributed by atoms with Gasteiger partial charge in [-0.1, -0.05) is 24.6 Å². The second-order valence-electron chi connectivity index (χ2n) is 6.23. The van der Waals surface area contributed by atoms with Gasteiger partial charge in [0.25, 0.3) is 0 Å². The molecule has 1 saturated carbocycles. The number of hydrogen-bond acceptors (Lipinski definition) is 2. The Morgan fingerprint density at radius 1 is 1.17 bits per heavy atom. The molecule has 120 valence electrons. The van der Waals surface area contributed by atoms with Gasteiger partial charge in [-0.05, 0) is 54.5 Å². The highest BCUT2D eigenvalue weighted by atomic mass is 19.1. The molecule has 0 radical (unpaired) electrons. The molecule has 1 aliphatic carbocycles. The molecule has 1 fully saturated rings. The maximum absolute atomic E-state index is 13.0. The van der Waals surface area contributed by atoms with Crippen LogP contribution in [0.2, 0.25) is 0 Å². The van der Waals surface area contributed by atoms with E-state index in [4.69, 9.17) is 0 Å². The Morgan fingerprint density at radius 3 is 2.74 bits per heavy atom. The summed E-state index contributed by atoms with van der Waals surface area (Å²) in [5.41, 5.74) is 2.06. The van der Waals surface area contributed by atoms with Crippen LogP contribution >= 0.6 is 0 Å². The summed E-state index contributed by atoms with van der Waals surface area (Å²) in [6, 6.07) is 10.6. The van der Waals surface area contributed by atoms with Crippen LogP contribution < -0.4 is 5.32 Å². The standard InChI is InChI=1S/C19H21FN2O/c20-17-8-6-14(7-9-17)11-16-4-1-5-18(16)22-19(23)12-15-3-2-10-21-13-15/h2-3,6-10,13,16,18H,1,4-5,11-12H2,(H,22,23)/t16-,18-/m1/s1. The topological polar surface area (TPSA) is 42.0 Å². The monoisotopic (exact) mass is 312 g/mol. The molecule has 0 spiro atoms. The number of aromatic nitrogens is 1. The summed E-state index contributed by atoms with van der Waals surface area (Å²) >= 11 is 0. The van der Waals surface area contributed by atoms with Crippen molar-refractivity contribution < 1.29 is 9.18 Å². The summed E-state index contributed by atoms with van der Waals surface area (Å²) in [5.74, 6) is 0.272. The van der Waals surface area contributed by atoms with Crippen LogP contribution in [0.1, 0.15) is 30.4 Å². The van der Waals surface area contributed by atoms with E-state index in [0.717, 1.165) is 36.8 Å². The van der Waals surface area contributed by atoms with Gasteiger partial charge in [-0.25, -0.2) is 4.39 Å². The van der Waals surface area contributed by atoms with Crippen LogP contribution in [-0.2, 0) is 17.6 Å². The molecule has 0 bridgehead atoms. The molecule has 0 aliphatic heterocycles. The molecule has 1 amide bonds. The zero-order chi connectivity index (χ0) is 16.1. The Balaban J connectivity index is 1.56. The lowest BCUT2D eigenvalue weighted by Crippen LogP contribution is -2.38. The van der Waals surface area contributed by atoms with Crippen LogP contribution in [0.5, 0.6) is 0 Å². The Kier molecular flexibility index (Phi) is 5.01. The van der Waals surface area contributed by atoms with Crippen molar-refractivity contribution in [2.24, 2.45) is 5.92 Å². The largest absolute Gasteiger partial charge is 0.353 e. The van der Waals surface area contributed by atoms with Crippen molar-refractivity contribution in [1.82, 2.24) is 10.3 Å². The van der Waals surface area contributed by atoms with E-state index in [0.29, 0.717) is 12.3 Å². The van der Waals surface area contributed by atoms with E-state index in [9.17, 15) is 9.18 Å². The average molecular weight is 312 g/mol. The number of halogens is 1. The lowest BCUT2D eigenvalue weighted by Gasteiger charge is -2.21. The molecule has 0 unspecified atom stereocenters. The summed E-state index contributed by atoms with van der Waals surface area (Å²) in [4.78, 5) is 16.3. The van der Waals surface area contributed by atoms with Crippen molar-refractivity contribution in [3.05, 3.63) is 65.7 Å². The number of nitrogens with one attached hydrogen (secondary N) is 1. The molecule has 3 nitrogen and oxygen atoms in total. The van der Waals surface area contributed by atoms with Gasteiger partial charge in [0.2, 0.25) is 5.91 Å². The lowest BCUT2D eigenvalue weighted by atomic mass is 9.94. The quantitative estimate of drug-likeness (QED) is 0.920. The van der Waals surface area contributed by atoms with Crippen LogP contribution in [0, 0.1) is 11.7 Å². The zero-order valence-electron chi connectivity index (χ0n) is 13.0. The van der Waals surface area contributed by atoms with Crippen molar-refractivity contribution in [1.29, 1.82) is 0 Å². The van der Waals surface area contributed by atoms with Crippen LogP contribution in [0.4, 0.5) is 4.39 Å². The first-order chi connectivity index (χ1) is 11.2. The smallest absolute Gasteiger partial charge is 0.224 e. The number of benzene rings is 1. The fourth-order valence-electron chi connectivity index (χ4n) is 3.34. The van der Waals surface area contributed by atoms with E-state index in [1.807, 2.05) is 24.3 Å². The van der Waals surface area contributed by atoms with Crippen LogP contribution in [0.15, 0.2) is 48.8 Å². The van der Waals surface area contributed by atoms with Crippen molar-refractivity contribution in [2.75, 3.05) is 0 Å². The first kappa shape index (κ1) is 15.7. The van der Waals surface area contributed by atoms with E-state index in [1.54, 1.807) is 12.4 Å². The zero-order valence-corrected chi connectivity index (χ0v) is 13.0. The van der Waals surface area contributed by atoms with Gasteiger partial charge >= 0.3 is 0 Å². The van der Waals surface area contributed by atoms with Gasteiger partial charge < -0.3 is 5.32 Å². The van der Waals surface area contributed by atoms with Crippen molar-refractivity contribution in [2.45, 2.75) is 38.1 Å². The average Bonchev–Trinajstić information content (AvgIpc) is 2.97. The molecule has 1 aliphatic rings.